The van der Waals surface area contributed by atoms with Crippen LogP contribution in [0.25, 0.3) is 0 Å². The van der Waals surface area contributed by atoms with Crippen LogP contribution in [0.5, 0.6) is 0 Å². The SMILES string of the molecule is C=CC.C=CCCCCC.CCCCCCCC(=O)Cl. The molecule has 0 radical (unpaired) electrons. The Labute approximate surface area is 132 Å². The number of hydrogen-bond donors (Lipinski definition) is 0. The van der Waals surface area contributed by atoms with Gasteiger partial charge in [-0.15, -0.1) is 13.2 Å². The Morgan fingerprint density at radius 1 is 0.950 bits per heavy atom. The molecule has 20 heavy (non-hydrogen) atoms. The smallest absolute Gasteiger partial charge is 0.221 e. The molecule has 0 heterocycles. The summed E-state index contributed by atoms with van der Waals surface area (Å²) in [5, 5.41) is -0.198. The molecule has 0 saturated carbocycles. The van der Waals surface area contributed by atoms with Crippen molar-refractivity contribution in [3.8, 4) is 0 Å². The fourth-order valence-corrected chi connectivity index (χ4v) is 1.54. The van der Waals surface area contributed by atoms with Gasteiger partial charge in [-0.25, -0.2) is 0 Å². The van der Waals surface area contributed by atoms with Crippen molar-refractivity contribution < 1.29 is 4.79 Å². The third-order valence-corrected chi connectivity index (χ3v) is 2.68. The van der Waals surface area contributed by atoms with Crippen LogP contribution in [0.3, 0.4) is 0 Å². The van der Waals surface area contributed by atoms with Crippen molar-refractivity contribution in [2.45, 2.75) is 85.0 Å². The van der Waals surface area contributed by atoms with E-state index >= 15 is 0 Å². The van der Waals surface area contributed by atoms with Crippen molar-refractivity contribution in [2.75, 3.05) is 0 Å². The van der Waals surface area contributed by atoms with Gasteiger partial charge in [0.05, 0.1) is 0 Å². The molecule has 0 aromatic carbocycles. The standard InChI is InChI=1S/C8H15ClO.C7H14.C3H6/c1-2-3-4-5-6-7-8(9)10;1-3-5-7-6-4-2;1-3-2/h2-7H2,1H3;3H,1,4-7H2,2H3;3H,1H2,2H3. The second-order valence-corrected chi connectivity index (χ2v) is 5.13. The summed E-state index contributed by atoms with van der Waals surface area (Å²) in [5.74, 6) is 0. The zero-order valence-electron chi connectivity index (χ0n) is 13.9. The molecule has 0 saturated heterocycles. The zero-order chi connectivity index (χ0) is 16.1. The minimum Gasteiger partial charge on any atom is -0.281 e. The first kappa shape index (κ1) is 24.5. The Morgan fingerprint density at radius 2 is 1.40 bits per heavy atom. The quantitative estimate of drug-likeness (QED) is 0.240. The molecule has 0 aliphatic heterocycles. The normalized spacial score (nSPS) is 8.60. The summed E-state index contributed by atoms with van der Waals surface area (Å²) in [6.45, 7) is 13.3. The second-order valence-electron chi connectivity index (χ2n) is 4.71. The van der Waals surface area contributed by atoms with E-state index in [1.165, 1.54) is 44.9 Å². The molecule has 0 aliphatic rings. The molecule has 0 aliphatic carbocycles. The van der Waals surface area contributed by atoms with Gasteiger partial charge in [0.2, 0.25) is 5.24 Å². The molecule has 0 aromatic rings. The van der Waals surface area contributed by atoms with Crippen molar-refractivity contribution in [1.82, 2.24) is 0 Å². The van der Waals surface area contributed by atoms with Crippen LogP contribution in [0.15, 0.2) is 25.3 Å². The van der Waals surface area contributed by atoms with Crippen molar-refractivity contribution in [3.63, 3.8) is 0 Å². The van der Waals surface area contributed by atoms with Gasteiger partial charge in [0.1, 0.15) is 0 Å². The molecule has 120 valence electrons. The van der Waals surface area contributed by atoms with E-state index in [1.807, 2.05) is 13.0 Å². The highest BCUT2D eigenvalue weighted by atomic mass is 35.5. The van der Waals surface area contributed by atoms with E-state index in [-0.39, 0.29) is 5.24 Å². The van der Waals surface area contributed by atoms with Gasteiger partial charge < -0.3 is 0 Å². The van der Waals surface area contributed by atoms with Gasteiger partial charge >= 0.3 is 0 Å². The van der Waals surface area contributed by atoms with Crippen LogP contribution in [0, 0.1) is 0 Å². The van der Waals surface area contributed by atoms with E-state index in [0.29, 0.717) is 6.42 Å². The van der Waals surface area contributed by atoms with Crippen LogP contribution in [-0.2, 0) is 4.79 Å². The van der Waals surface area contributed by atoms with Gasteiger partial charge in [0, 0.05) is 6.42 Å². The number of halogens is 1. The van der Waals surface area contributed by atoms with Crippen LogP contribution in [0.4, 0.5) is 0 Å². The molecule has 0 unspecified atom stereocenters. The van der Waals surface area contributed by atoms with E-state index in [2.05, 4.69) is 27.0 Å². The van der Waals surface area contributed by atoms with Crippen molar-refractivity contribution >= 4 is 16.8 Å². The van der Waals surface area contributed by atoms with Gasteiger partial charge in [-0.3, -0.25) is 4.79 Å². The first-order valence-corrected chi connectivity index (χ1v) is 8.34. The molecule has 0 bridgehead atoms. The Morgan fingerprint density at radius 3 is 1.80 bits per heavy atom. The molecule has 0 atom stereocenters. The summed E-state index contributed by atoms with van der Waals surface area (Å²) in [6, 6.07) is 0. The van der Waals surface area contributed by atoms with Crippen molar-refractivity contribution in [3.05, 3.63) is 25.3 Å². The summed E-state index contributed by atoms with van der Waals surface area (Å²) in [6.07, 6.45) is 15.3. The monoisotopic (exact) mass is 302 g/mol. The van der Waals surface area contributed by atoms with E-state index in [1.54, 1.807) is 6.08 Å². The van der Waals surface area contributed by atoms with Crippen LogP contribution in [0.2, 0.25) is 0 Å². The molecule has 0 fully saturated rings. The van der Waals surface area contributed by atoms with Gasteiger partial charge in [-0.1, -0.05) is 64.5 Å². The lowest BCUT2D eigenvalue weighted by molar-refractivity contribution is -0.111. The molecule has 2 heteroatoms. The largest absolute Gasteiger partial charge is 0.281 e. The third kappa shape index (κ3) is 43.2. The van der Waals surface area contributed by atoms with E-state index in [9.17, 15) is 4.79 Å². The summed E-state index contributed by atoms with van der Waals surface area (Å²) in [7, 11) is 0. The summed E-state index contributed by atoms with van der Waals surface area (Å²) in [4.78, 5) is 10.2. The average Bonchev–Trinajstić information content (AvgIpc) is 2.40. The summed E-state index contributed by atoms with van der Waals surface area (Å²) < 4.78 is 0. The van der Waals surface area contributed by atoms with E-state index in [4.69, 9.17) is 11.6 Å². The van der Waals surface area contributed by atoms with Gasteiger partial charge in [0.15, 0.2) is 0 Å². The lowest BCUT2D eigenvalue weighted by atomic mass is 10.1. The predicted octanol–water partition coefficient (Wildman–Crippen LogP) is 7.06. The minimum atomic E-state index is -0.198. The molecular weight excluding hydrogens is 268 g/mol. The highest BCUT2D eigenvalue weighted by Crippen LogP contribution is 2.05. The fraction of sp³-hybridized carbons (Fsp3) is 0.722. The maximum atomic E-state index is 10.2. The maximum absolute atomic E-state index is 10.2. The maximum Gasteiger partial charge on any atom is 0.221 e. The molecule has 0 amide bonds. The number of carbonyl (C=O) groups excluding carboxylic acids is 1. The number of rotatable bonds is 10. The lowest BCUT2D eigenvalue weighted by Crippen LogP contribution is -1.85. The highest BCUT2D eigenvalue weighted by molar-refractivity contribution is 6.63. The number of unbranched alkanes of at least 4 members (excludes halogenated alkanes) is 7. The lowest BCUT2D eigenvalue weighted by Gasteiger charge is -1.95. The molecule has 0 aromatic heterocycles. The first-order valence-electron chi connectivity index (χ1n) is 7.96. The average molecular weight is 303 g/mol. The molecule has 1 nitrogen and oxygen atoms in total. The summed E-state index contributed by atoms with van der Waals surface area (Å²) >= 11 is 5.15. The van der Waals surface area contributed by atoms with Crippen molar-refractivity contribution in [2.24, 2.45) is 0 Å². The number of hydrogen-bond acceptors (Lipinski definition) is 1. The van der Waals surface area contributed by atoms with Crippen LogP contribution < -0.4 is 0 Å². The van der Waals surface area contributed by atoms with Gasteiger partial charge in [-0.2, -0.15) is 0 Å². The number of allylic oxidation sites excluding steroid dienone is 2. The molecule has 0 rings (SSSR count). The fourth-order valence-electron chi connectivity index (χ4n) is 1.41. The molecule has 0 N–H and O–H groups in total. The van der Waals surface area contributed by atoms with Gasteiger partial charge in [0.25, 0.3) is 0 Å². The van der Waals surface area contributed by atoms with E-state index in [0.717, 1.165) is 12.8 Å². The van der Waals surface area contributed by atoms with Gasteiger partial charge in [-0.05, 0) is 37.8 Å². The van der Waals surface area contributed by atoms with Crippen LogP contribution in [0.1, 0.15) is 85.0 Å². The minimum absolute atomic E-state index is 0.198. The topological polar surface area (TPSA) is 17.1 Å². The number of carbonyl (C=O) groups is 1. The third-order valence-electron chi connectivity index (χ3n) is 2.49. The first-order chi connectivity index (χ1) is 9.60. The Kier molecular flexibility index (Phi) is 32.9. The van der Waals surface area contributed by atoms with E-state index < -0.39 is 0 Å². The zero-order valence-corrected chi connectivity index (χ0v) is 14.7. The Balaban J connectivity index is -0.000000251. The highest BCUT2D eigenvalue weighted by Gasteiger charge is 1.94. The predicted molar refractivity (Wildman–Crippen MR) is 94.4 cm³/mol. The van der Waals surface area contributed by atoms with Crippen LogP contribution >= 0.6 is 11.6 Å². The molecular formula is C18H35ClO. The Hall–Kier alpha value is -0.560. The summed E-state index contributed by atoms with van der Waals surface area (Å²) in [5.41, 5.74) is 0. The van der Waals surface area contributed by atoms with Crippen molar-refractivity contribution in [1.29, 1.82) is 0 Å². The van der Waals surface area contributed by atoms with Crippen LogP contribution in [-0.4, -0.2) is 5.24 Å². The second kappa shape index (κ2) is 26.9. The molecule has 0 spiro atoms. The Bertz CT molecular complexity index is 200.